The van der Waals surface area contributed by atoms with Gasteiger partial charge in [-0.3, -0.25) is 4.79 Å². The van der Waals surface area contributed by atoms with E-state index in [1.807, 2.05) is 13.8 Å². The third-order valence-electron chi connectivity index (χ3n) is 3.93. The quantitative estimate of drug-likeness (QED) is 0.726. The van der Waals surface area contributed by atoms with E-state index in [-0.39, 0.29) is 5.97 Å². The summed E-state index contributed by atoms with van der Waals surface area (Å²) in [5.74, 6) is -0.153. The molecule has 0 amide bonds. The lowest BCUT2D eigenvalue weighted by Gasteiger charge is -2.26. The van der Waals surface area contributed by atoms with Crippen molar-refractivity contribution in [1.29, 1.82) is 0 Å². The highest BCUT2D eigenvalue weighted by Crippen LogP contribution is 2.17. The lowest BCUT2D eigenvalue weighted by Crippen LogP contribution is -2.43. The van der Waals surface area contributed by atoms with Crippen molar-refractivity contribution in [2.75, 3.05) is 20.2 Å². The van der Waals surface area contributed by atoms with Crippen molar-refractivity contribution in [2.24, 2.45) is 5.41 Å². The number of hydrogen-bond acceptors (Lipinski definition) is 4. The van der Waals surface area contributed by atoms with E-state index in [1.165, 1.54) is 32.8 Å². The molecule has 1 aliphatic rings. The van der Waals surface area contributed by atoms with Crippen LogP contribution in [0, 0.1) is 5.41 Å². The molecule has 0 spiro atoms. The molecule has 1 heterocycles. The van der Waals surface area contributed by atoms with Gasteiger partial charge in [0, 0.05) is 18.6 Å². The van der Waals surface area contributed by atoms with Gasteiger partial charge in [0.1, 0.15) is 0 Å². The Bertz CT molecular complexity index is 271. The summed E-state index contributed by atoms with van der Waals surface area (Å²) in [6.07, 6.45) is 6.37. The standard InChI is InChI=1S/C15H30N2O2/c1-12(10-13-8-6-5-7-9-16-13)17-11-15(2,3)14(18)19-4/h12-13,16-17H,5-11H2,1-4H3. The molecule has 2 N–H and O–H groups in total. The lowest BCUT2D eigenvalue weighted by molar-refractivity contribution is -0.150. The molecule has 2 atom stereocenters. The lowest BCUT2D eigenvalue weighted by atomic mass is 9.93. The minimum atomic E-state index is -0.458. The van der Waals surface area contributed by atoms with Gasteiger partial charge in [-0.05, 0) is 46.6 Å². The van der Waals surface area contributed by atoms with Gasteiger partial charge in [0.2, 0.25) is 0 Å². The molecular weight excluding hydrogens is 240 g/mol. The van der Waals surface area contributed by atoms with Gasteiger partial charge in [-0.15, -0.1) is 0 Å². The van der Waals surface area contributed by atoms with Gasteiger partial charge in [0.25, 0.3) is 0 Å². The molecule has 1 aliphatic heterocycles. The first-order valence-corrected chi connectivity index (χ1v) is 7.51. The highest BCUT2D eigenvalue weighted by atomic mass is 16.5. The molecule has 1 fully saturated rings. The maximum absolute atomic E-state index is 11.6. The number of esters is 1. The van der Waals surface area contributed by atoms with Crippen LogP contribution in [0.5, 0.6) is 0 Å². The van der Waals surface area contributed by atoms with Crippen LogP contribution in [0.2, 0.25) is 0 Å². The molecule has 0 saturated carbocycles. The van der Waals surface area contributed by atoms with Gasteiger partial charge in [-0.1, -0.05) is 12.8 Å². The minimum absolute atomic E-state index is 0.153. The first kappa shape index (κ1) is 16.4. The van der Waals surface area contributed by atoms with E-state index in [4.69, 9.17) is 4.74 Å². The zero-order chi connectivity index (χ0) is 14.3. The molecule has 0 aromatic carbocycles. The maximum atomic E-state index is 11.6. The Balaban J connectivity index is 2.30. The monoisotopic (exact) mass is 270 g/mol. The zero-order valence-corrected chi connectivity index (χ0v) is 12.9. The van der Waals surface area contributed by atoms with Crippen LogP contribution in [0.4, 0.5) is 0 Å². The average Bonchev–Trinajstić information content (AvgIpc) is 2.64. The molecule has 0 aliphatic carbocycles. The topological polar surface area (TPSA) is 50.4 Å². The number of hydrogen-bond donors (Lipinski definition) is 2. The molecule has 0 aromatic heterocycles. The largest absolute Gasteiger partial charge is 0.469 e. The Kier molecular flexibility index (Phi) is 6.80. The molecule has 19 heavy (non-hydrogen) atoms. The fourth-order valence-corrected chi connectivity index (χ4v) is 2.59. The van der Waals surface area contributed by atoms with Crippen LogP contribution in [0.25, 0.3) is 0 Å². The summed E-state index contributed by atoms with van der Waals surface area (Å²) in [5.41, 5.74) is -0.458. The van der Waals surface area contributed by atoms with E-state index in [1.54, 1.807) is 0 Å². The van der Waals surface area contributed by atoms with Crippen LogP contribution in [-0.2, 0) is 9.53 Å². The molecule has 1 saturated heterocycles. The van der Waals surface area contributed by atoms with E-state index in [9.17, 15) is 4.79 Å². The first-order valence-electron chi connectivity index (χ1n) is 7.51. The van der Waals surface area contributed by atoms with Crippen LogP contribution in [-0.4, -0.2) is 38.3 Å². The van der Waals surface area contributed by atoms with Crippen LogP contribution < -0.4 is 10.6 Å². The average molecular weight is 270 g/mol. The molecule has 112 valence electrons. The van der Waals surface area contributed by atoms with Crippen LogP contribution in [0.15, 0.2) is 0 Å². The van der Waals surface area contributed by atoms with Crippen LogP contribution >= 0.6 is 0 Å². The smallest absolute Gasteiger partial charge is 0.312 e. The Hall–Kier alpha value is -0.610. The summed E-state index contributed by atoms with van der Waals surface area (Å²) in [6.45, 7) is 7.84. The summed E-state index contributed by atoms with van der Waals surface area (Å²) in [6, 6.07) is 1.03. The molecule has 2 unspecified atom stereocenters. The van der Waals surface area contributed by atoms with Crippen molar-refractivity contribution in [3.63, 3.8) is 0 Å². The second kappa shape index (κ2) is 7.85. The SMILES string of the molecule is COC(=O)C(C)(C)CNC(C)CC1CCCCCN1. The molecule has 0 aromatic rings. The van der Waals surface area contributed by atoms with E-state index < -0.39 is 5.41 Å². The predicted octanol–water partition coefficient (Wildman–Crippen LogP) is 2.09. The van der Waals surface area contributed by atoms with Crippen molar-refractivity contribution < 1.29 is 9.53 Å². The molecule has 1 rings (SSSR count). The molecule has 0 radical (unpaired) electrons. The number of carbonyl (C=O) groups is 1. The molecule has 4 heteroatoms. The summed E-state index contributed by atoms with van der Waals surface area (Å²) >= 11 is 0. The van der Waals surface area contributed by atoms with Gasteiger partial charge in [-0.2, -0.15) is 0 Å². The van der Waals surface area contributed by atoms with E-state index >= 15 is 0 Å². The Morgan fingerprint density at radius 2 is 2.16 bits per heavy atom. The summed E-state index contributed by atoms with van der Waals surface area (Å²) in [5, 5.41) is 7.08. The van der Waals surface area contributed by atoms with Crippen molar-refractivity contribution >= 4 is 5.97 Å². The van der Waals surface area contributed by atoms with Gasteiger partial charge in [0.15, 0.2) is 0 Å². The van der Waals surface area contributed by atoms with Crippen molar-refractivity contribution in [2.45, 2.75) is 65.0 Å². The molecule has 0 bridgehead atoms. The van der Waals surface area contributed by atoms with Crippen molar-refractivity contribution in [3.05, 3.63) is 0 Å². The number of ether oxygens (including phenoxy) is 1. The van der Waals surface area contributed by atoms with Gasteiger partial charge in [0.05, 0.1) is 12.5 Å². The van der Waals surface area contributed by atoms with Gasteiger partial charge < -0.3 is 15.4 Å². The highest BCUT2D eigenvalue weighted by Gasteiger charge is 2.29. The molecule has 4 nitrogen and oxygen atoms in total. The zero-order valence-electron chi connectivity index (χ0n) is 12.9. The minimum Gasteiger partial charge on any atom is -0.469 e. The number of methoxy groups -OCH3 is 1. The second-order valence-corrected chi connectivity index (χ2v) is 6.39. The van der Waals surface area contributed by atoms with Gasteiger partial charge in [-0.25, -0.2) is 0 Å². The van der Waals surface area contributed by atoms with E-state index in [0.29, 0.717) is 18.6 Å². The normalized spacial score (nSPS) is 22.6. The third kappa shape index (κ3) is 5.91. The van der Waals surface area contributed by atoms with Crippen molar-refractivity contribution in [3.8, 4) is 0 Å². The summed E-state index contributed by atoms with van der Waals surface area (Å²) in [4.78, 5) is 11.6. The Morgan fingerprint density at radius 1 is 1.42 bits per heavy atom. The Morgan fingerprint density at radius 3 is 2.84 bits per heavy atom. The molecular formula is C15H30N2O2. The number of rotatable bonds is 6. The highest BCUT2D eigenvalue weighted by molar-refractivity contribution is 5.76. The maximum Gasteiger partial charge on any atom is 0.312 e. The van der Waals surface area contributed by atoms with Crippen LogP contribution in [0.1, 0.15) is 52.9 Å². The second-order valence-electron chi connectivity index (χ2n) is 6.39. The summed E-state index contributed by atoms with van der Waals surface area (Å²) < 4.78 is 4.82. The summed E-state index contributed by atoms with van der Waals surface area (Å²) in [7, 11) is 1.45. The van der Waals surface area contributed by atoms with E-state index in [0.717, 1.165) is 13.0 Å². The number of nitrogens with one attached hydrogen (secondary N) is 2. The van der Waals surface area contributed by atoms with E-state index in [2.05, 4.69) is 17.6 Å². The van der Waals surface area contributed by atoms with Crippen LogP contribution in [0.3, 0.4) is 0 Å². The number of carbonyl (C=O) groups excluding carboxylic acids is 1. The first-order chi connectivity index (χ1) is 8.95. The predicted molar refractivity (Wildman–Crippen MR) is 78.1 cm³/mol. The fourth-order valence-electron chi connectivity index (χ4n) is 2.59. The Labute approximate surface area is 117 Å². The fraction of sp³-hybridized carbons (Fsp3) is 0.933. The van der Waals surface area contributed by atoms with Crippen molar-refractivity contribution in [1.82, 2.24) is 10.6 Å². The van der Waals surface area contributed by atoms with Gasteiger partial charge >= 0.3 is 5.97 Å². The third-order valence-corrected chi connectivity index (χ3v) is 3.93.